The summed E-state index contributed by atoms with van der Waals surface area (Å²) in [7, 11) is 0. The van der Waals surface area contributed by atoms with Gasteiger partial charge in [-0.1, -0.05) is 105 Å². The van der Waals surface area contributed by atoms with Crippen LogP contribution in [0.25, 0.3) is 33.4 Å². The average molecular weight is 421 g/mol. The lowest BCUT2D eigenvalue weighted by atomic mass is 9.94. The van der Waals surface area contributed by atoms with Crippen LogP contribution in [0.2, 0.25) is 0 Å². The van der Waals surface area contributed by atoms with E-state index < -0.39 is 0 Å². The first-order chi connectivity index (χ1) is 15.5. The molecular weight excluding hydrogens is 388 g/mol. The third-order valence-electron chi connectivity index (χ3n) is 6.23. The largest absolute Gasteiger partial charge is 0.493 e. The van der Waals surface area contributed by atoms with E-state index >= 15 is 0 Å². The summed E-state index contributed by atoms with van der Waals surface area (Å²) in [6.07, 6.45) is 1.14. The van der Waals surface area contributed by atoms with Gasteiger partial charge in [-0.25, -0.2) is 0 Å². The molecule has 0 bridgehead atoms. The van der Waals surface area contributed by atoms with Crippen molar-refractivity contribution in [3.63, 3.8) is 0 Å². The van der Waals surface area contributed by atoms with Crippen molar-refractivity contribution in [2.45, 2.75) is 34.1 Å². The zero-order chi connectivity index (χ0) is 22.5. The molecule has 0 spiro atoms. The van der Waals surface area contributed by atoms with Crippen LogP contribution in [0.4, 0.5) is 0 Å². The van der Waals surface area contributed by atoms with Crippen molar-refractivity contribution in [1.82, 2.24) is 0 Å². The zero-order valence-corrected chi connectivity index (χ0v) is 19.6. The van der Waals surface area contributed by atoms with Crippen molar-refractivity contribution in [3.05, 3.63) is 102 Å². The van der Waals surface area contributed by atoms with Crippen molar-refractivity contribution < 1.29 is 4.74 Å². The Labute approximate surface area is 192 Å². The lowest BCUT2D eigenvalue weighted by molar-refractivity contribution is 0.256. The molecule has 4 aromatic carbocycles. The van der Waals surface area contributed by atoms with Crippen LogP contribution in [0.3, 0.4) is 0 Å². The zero-order valence-electron chi connectivity index (χ0n) is 19.6. The Hall–Kier alpha value is -3.32. The van der Waals surface area contributed by atoms with Crippen molar-refractivity contribution in [3.8, 4) is 39.1 Å². The minimum absolute atomic E-state index is 0.579. The van der Waals surface area contributed by atoms with Crippen LogP contribution in [0, 0.1) is 19.8 Å². The van der Waals surface area contributed by atoms with Gasteiger partial charge in [0.15, 0.2) is 0 Å². The number of hydrogen-bond acceptors (Lipinski definition) is 1. The molecule has 0 aliphatic carbocycles. The molecule has 162 valence electrons. The predicted octanol–water partition coefficient (Wildman–Crippen LogP) is 8.73. The third-order valence-corrected chi connectivity index (χ3v) is 6.23. The van der Waals surface area contributed by atoms with E-state index in [0.717, 1.165) is 18.8 Å². The molecule has 0 heterocycles. The Morgan fingerprint density at radius 1 is 0.625 bits per heavy atom. The van der Waals surface area contributed by atoms with Gasteiger partial charge in [-0.15, -0.1) is 0 Å². The summed E-state index contributed by atoms with van der Waals surface area (Å²) in [4.78, 5) is 0. The van der Waals surface area contributed by atoms with Gasteiger partial charge in [0.05, 0.1) is 6.61 Å². The molecule has 0 aromatic heterocycles. The average Bonchev–Trinajstić information content (AvgIpc) is 2.83. The van der Waals surface area contributed by atoms with Crippen LogP contribution in [0.5, 0.6) is 5.75 Å². The first-order valence-corrected chi connectivity index (χ1v) is 11.5. The maximum Gasteiger partial charge on any atom is 0.119 e. The fourth-order valence-electron chi connectivity index (χ4n) is 3.86. The lowest BCUT2D eigenvalue weighted by Gasteiger charge is -2.13. The molecular formula is C31H32O. The highest BCUT2D eigenvalue weighted by Gasteiger charge is 2.07. The van der Waals surface area contributed by atoms with Crippen LogP contribution in [-0.2, 0) is 0 Å². The monoisotopic (exact) mass is 420 g/mol. The van der Waals surface area contributed by atoms with Gasteiger partial charge in [0.1, 0.15) is 5.75 Å². The number of rotatable bonds is 7. The molecule has 1 atom stereocenters. The van der Waals surface area contributed by atoms with Gasteiger partial charge in [0, 0.05) is 0 Å². The maximum absolute atomic E-state index is 5.90. The summed E-state index contributed by atoms with van der Waals surface area (Å²) in [5, 5.41) is 0. The molecule has 1 heteroatoms. The molecule has 0 amide bonds. The molecule has 4 rings (SSSR count). The normalized spacial score (nSPS) is 11.9. The second kappa shape index (κ2) is 9.87. The summed E-state index contributed by atoms with van der Waals surface area (Å²) in [5.74, 6) is 1.52. The molecule has 0 N–H and O–H groups in total. The minimum atomic E-state index is 0.579. The van der Waals surface area contributed by atoms with Crippen molar-refractivity contribution in [2.75, 3.05) is 6.61 Å². The Balaban J connectivity index is 1.50. The van der Waals surface area contributed by atoms with E-state index in [4.69, 9.17) is 4.74 Å². The lowest BCUT2D eigenvalue weighted by Crippen LogP contribution is -2.06. The molecule has 0 radical (unpaired) electrons. The van der Waals surface area contributed by atoms with Gasteiger partial charge < -0.3 is 4.74 Å². The van der Waals surface area contributed by atoms with Gasteiger partial charge in [0.25, 0.3) is 0 Å². The highest BCUT2D eigenvalue weighted by atomic mass is 16.5. The van der Waals surface area contributed by atoms with Gasteiger partial charge in [-0.2, -0.15) is 0 Å². The van der Waals surface area contributed by atoms with E-state index in [1.54, 1.807) is 0 Å². The molecule has 4 aromatic rings. The van der Waals surface area contributed by atoms with Crippen molar-refractivity contribution in [2.24, 2.45) is 5.92 Å². The van der Waals surface area contributed by atoms with Gasteiger partial charge >= 0.3 is 0 Å². The number of ether oxygens (including phenoxy) is 1. The summed E-state index contributed by atoms with van der Waals surface area (Å²) < 4.78 is 5.90. The third kappa shape index (κ3) is 5.11. The number of aryl methyl sites for hydroxylation is 2. The molecule has 0 aliphatic heterocycles. The molecule has 0 saturated heterocycles. The standard InChI is InChI=1S/C31H32O/c1-5-22(2)21-32-30-17-14-28(15-18-30)31-19-16-29(20-24(31)4)27-12-10-26(11-13-27)25-8-6-23(3)7-9-25/h6-20,22H,5,21H2,1-4H3/t22-/m1/s1. The Morgan fingerprint density at radius 3 is 1.69 bits per heavy atom. The van der Waals surface area contributed by atoms with Crippen molar-refractivity contribution >= 4 is 0 Å². The Morgan fingerprint density at radius 2 is 1.12 bits per heavy atom. The summed E-state index contributed by atoms with van der Waals surface area (Å²) in [5.41, 5.74) is 10.0. The maximum atomic E-state index is 5.90. The Bertz CT molecular complexity index is 1150. The second-order valence-corrected chi connectivity index (χ2v) is 8.82. The Kier molecular flexibility index (Phi) is 6.75. The molecule has 0 unspecified atom stereocenters. The molecule has 0 fully saturated rings. The SMILES string of the molecule is CC[C@@H](C)COc1ccc(-c2ccc(-c3ccc(-c4ccc(C)cc4)cc3)cc2C)cc1. The predicted molar refractivity (Wildman–Crippen MR) is 137 cm³/mol. The molecule has 32 heavy (non-hydrogen) atoms. The number of benzene rings is 4. The van der Waals surface area contributed by atoms with E-state index in [1.807, 2.05) is 0 Å². The van der Waals surface area contributed by atoms with E-state index in [-0.39, 0.29) is 0 Å². The van der Waals surface area contributed by atoms with E-state index in [2.05, 4.69) is 119 Å². The quantitative estimate of drug-likeness (QED) is 0.290. The summed E-state index contributed by atoms with van der Waals surface area (Å²) in [6, 6.07) is 32.7. The van der Waals surface area contributed by atoms with E-state index in [1.165, 1.54) is 44.5 Å². The van der Waals surface area contributed by atoms with Crippen LogP contribution in [-0.4, -0.2) is 6.61 Å². The van der Waals surface area contributed by atoms with E-state index in [9.17, 15) is 0 Å². The molecule has 1 nitrogen and oxygen atoms in total. The first kappa shape index (κ1) is 21.9. The van der Waals surface area contributed by atoms with Crippen LogP contribution in [0.1, 0.15) is 31.4 Å². The molecule has 0 saturated carbocycles. The van der Waals surface area contributed by atoms with Crippen LogP contribution < -0.4 is 4.74 Å². The second-order valence-electron chi connectivity index (χ2n) is 8.82. The highest BCUT2D eigenvalue weighted by molar-refractivity contribution is 5.75. The summed E-state index contributed by atoms with van der Waals surface area (Å²) in [6.45, 7) is 9.49. The number of hydrogen-bond donors (Lipinski definition) is 0. The summed E-state index contributed by atoms with van der Waals surface area (Å²) >= 11 is 0. The van der Waals surface area contributed by atoms with Gasteiger partial charge in [0.2, 0.25) is 0 Å². The van der Waals surface area contributed by atoms with Crippen LogP contribution >= 0.6 is 0 Å². The van der Waals surface area contributed by atoms with Gasteiger partial charge in [-0.05, 0) is 70.8 Å². The fraction of sp³-hybridized carbons (Fsp3) is 0.226. The van der Waals surface area contributed by atoms with Crippen molar-refractivity contribution in [1.29, 1.82) is 0 Å². The van der Waals surface area contributed by atoms with Crippen LogP contribution in [0.15, 0.2) is 91.0 Å². The minimum Gasteiger partial charge on any atom is -0.493 e. The van der Waals surface area contributed by atoms with Gasteiger partial charge in [-0.3, -0.25) is 0 Å². The smallest absolute Gasteiger partial charge is 0.119 e. The fourth-order valence-corrected chi connectivity index (χ4v) is 3.86. The molecule has 0 aliphatic rings. The van der Waals surface area contributed by atoms with E-state index in [0.29, 0.717) is 5.92 Å². The first-order valence-electron chi connectivity index (χ1n) is 11.5. The topological polar surface area (TPSA) is 9.23 Å². The highest BCUT2D eigenvalue weighted by Crippen LogP contribution is 2.31.